The van der Waals surface area contributed by atoms with Gasteiger partial charge in [-0.2, -0.15) is 4.98 Å². The molecule has 3 rings (SSSR count). The van der Waals surface area contributed by atoms with Crippen LogP contribution >= 0.6 is 23.2 Å². The smallest absolute Gasteiger partial charge is 0.339 e. The van der Waals surface area contributed by atoms with Crippen LogP contribution < -0.4 is 4.74 Å². The number of carbonyl (C=O) groups is 1. The molecule has 0 unspecified atom stereocenters. The van der Waals surface area contributed by atoms with E-state index in [1.165, 1.54) is 0 Å². The minimum atomic E-state index is -1.24. The predicted molar refractivity (Wildman–Crippen MR) is 138 cm³/mol. The zero-order valence-electron chi connectivity index (χ0n) is 20.7. The quantitative estimate of drug-likeness (QED) is 0.135. The Labute approximate surface area is 211 Å². The van der Waals surface area contributed by atoms with Gasteiger partial charge in [-0.15, -0.1) is 0 Å². The number of fused-ring (bicyclic) bond motifs is 1. The van der Waals surface area contributed by atoms with Gasteiger partial charge in [0.15, 0.2) is 5.65 Å². The highest BCUT2D eigenvalue weighted by Gasteiger charge is 2.22. The Bertz CT molecular complexity index is 1200. The van der Waals surface area contributed by atoms with E-state index in [-0.39, 0.29) is 17.9 Å². The van der Waals surface area contributed by atoms with Crippen molar-refractivity contribution < 1.29 is 19.0 Å². The van der Waals surface area contributed by atoms with E-state index in [2.05, 4.69) is 29.6 Å². The fourth-order valence-electron chi connectivity index (χ4n) is 3.03. The van der Waals surface area contributed by atoms with Crippen molar-refractivity contribution in [2.24, 2.45) is 0 Å². The van der Waals surface area contributed by atoms with E-state index in [0.717, 1.165) is 11.6 Å². The molecule has 0 aliphatic carbocycles. The van der Waals surface area contributed by atoms with Crippen LogP contribution in [0.15, 0.2) is 24.3 Å². The van der Waals surface area contributed by atoms with Gasteiger partial charge < -0.3 is 14.2 Å². The number of imidazole rings is 1. The molecule has 0 N–H and O–H groups in total. The van der Waals surface area contributed by atoms with Crippen molar-refractivity contribution in [2.45, 2.75) is 65.7 Å². The summed E-state index contributed by atoms with van der Waals surface area (Å²) < 4.78 is 19.3. The number of esters is 1. The minimum Gasteiger partial charge on any atom is -0.456 e. The van der Waals surface area contributed by atoms with Crippen LogP contribution in [0, 0.1) is 6.92 Å². The summed E-state index contributed by atoms with van der Waals surface area (Å²) in [6.07, 6.45) is 0. The number of aryl methyl sites for hydroxylation is 1. The number of rotatable bonds is 8. The van der Waals surface area contributed by atoms with Gasteiger partial charge >= 0.3 is 12.0 Å². The van der Waals surface area contributed by atoms with Crippen molar-refractivity contribution in [1.29, 1.82) is 0 Å². The van der Waals surface area contributed by atoms with E-state index in [4.69, 9.17) is 37.4 Å². The molecule has 7 nitrogen and oxygen atoms in total. The normalized spacial score (nSPS) is 12.3. The Kier molecular flexibility index (Phi) is 7.97. The van der Waals surface area contributed by atoms with Gasteiger partial charge in [0, 0.05) is 14.7 Å². The third-order valence-corrected chi connectivity index (χ3v) is 7.23. The molecule has 1 aromatic carbocycles. The highest BCUT2D eigenvalue weighted by molar-refractivity contribution is 6.76. The summed E-state index contributed by atoms with van der Waals surface area (Å²) in [5, 5.41) is 0.471. The van der Waals surface area contributed by atoms with Gasteiger partial charge in [-0.1, -0.05) is 48.9 Å². The number of aromatic nitrogens is 3. The SMILES string of the molecule is Cc1ccc(Oc2nc3cc(Cl)c(Cl)nc3n2COCC[Si](C)(C)C)cc1C(=O)OC(C)(C)C. The van der Waals surface area contributed by atoms with Crippen molar-refractivity contribution in [3.63, 3.8) is 0 Å². The number of pyridine rings is 1. The number of hydrogen-bond acceptors (Lipinski definition) is 6. The topological polar surface area (TPSA) is 75.5 Å². The second kappa shape index (κ2) is 10.2. The maximum Gasteiger partial charge on any atom is 0.339 e. The fraction of sp³-hybridized carbons (Fsp3) is 0.458. The lowest BCUT2D eigenvalue weighted by atomic mass is 10.1. The van der Waals surface area contributed by atoms with Gasteiger partial charge in [-0.3, -0.25) is 4.57 Å². The lowest BCUT2D eigenvalue weighted by Gasteiger charge is -2.20. The van der Waals surface area contributed by atoms with Crippen molar-refractivity contribution in [3.05, 3.63) is 45.6 Å². The molecule has 2 heterocycles. The molecule has 34 heavy (non-hydrogen) atoms. The second-order valence-electron chi connectivity index (χ2n) is 10.4. The first-order chi connectivity index (χ1) is 15.7. The van der Waals surface area contributed by atoms with Crippen molar-refractivity contribution in [2.75, 3.05) is 6.61 Å². The third-order valence-electron chi connectivity index (χ3n) is 4.85. The van der Waals surface area contributed by atoms with Crippen LogP contribution in [0.1, 0.15) is 36.7 Å². The third kappa shape index (κ3) is 6.94. The first kappa shape index (κ1) is 26.5. The summed E-state index contributed by atoms with van der Waals surface area (Å²) in [7, 11) is -1.24. The summed E-state index contributed by atoms with van der Waals surface area (Å²) >= 11 is 12.3. The van der Waals surface area contributed by atoms with Crippen LogP contribution in [0.25, 0.3) is 11.2 Å². The Hall–Kier alpha value is -2.13. The number of benzene rings is 1. The molecular weight excluding hydrogens is 493 g/mol. The number of carbonyl (C=O) groups excluding carboxylic acids is 1. The number of hydrogen-bond donors (Lipinski definition) is 0. The molecule has 10 heteroatoms. The van der Waals surface area contributed by atoms with Crippen molar-refractivity contribution >= 4 is 48.4 Å². The summed E-state index contributed by atoms with van der Waals surface area (Å²) in [5.74, 6) is 0.0150. The van der Waals surface area contributed by atoms with E-state index in [9.17, 15) is 4.79 Å². The zero-order valence-corrected chi connectivity index (χ0v) is 23.2. The molecule has 0 aliphatic rings. The van der Waals surface area contributed by atoms with E-state index >= 15 is 0 Å². The largest absolute Gasteiger partial charge is 0.456 e. The van der Waals surface area contributed by atoms with Gasteiger partial charge in [0.05, 0.1) is 10.6 Å². The highest BCUT2D eigenvalue weighted by Crippen LogP contribution is 2.31. The summed E-state index contributed by atoms with van der Waals surface area (Å²) in [6.45, 7) is 15.0. The lowest BCUT2D eigenvalue weighted by molar-refractivity contribution is 0.00683. The Morgan fingerprint density at radius 3 is 2.47 bits per heavy atom. The molecular formula is C24H31Cl2N3O4Si. The number of ether oxygens (including phenoxy) is 3. The van der Waals surface area contributed by atoms with Crippen LogP contribution in [0.4, 0.5) is 0 Å². The standard InChI is InChI=1S/C24H31Cl2N3O4Si/c1-15-8-9-16(12-17(15)22(30)33-24(2,3)4)32-23-27-19-13-18(25)20(26)28-21(19)29(23)14-31-10-11-34(5,6)7/h8-9,12-13H,10-11,14H2,1-7H3. The van der Waals surface area contributed by atoms with Gasteiger partial charge in [0.1, 0.15) is 28.8 Å². The highest BCUT2D eigenvalue weighted by atomic mass is 35.5. The summed E-state index contributed by atoms with van der Waals surface area (Å²) in [6, 6.07) is 8.14. The van der Waals surface area contributed by atoms with Gasteiger partial charge in [-0.25, -0.2) is 9.78 Å². The lowest BCUT2D eigenvalue weighted by Crippen LogP contribution is -2.24. The Morgan fingerprint density at radius 2 is 1.82 bits per heavy atom. The molecule has 0 fully saturated rings. The van der Waals surface area contributed by atoms with Gasteiger partial charge in [0.25, 0.3) is 0 Å². The molecule has 184 valence electrons. The molecule has 0 radical (unpaired) electrons. The van der Waals surface area contributed by atoms with Crippen molar-refractivity contribution in [3.8, 4) is 11.8 Å². The van der Waals surface area contributed by atoms with E-state index in [0.29, 0.717) is 34.1 Å². The maximum absolute atomic E-state index is 12.7. The first-order valence-electron chi connectivity index (χ1n) is 11.1. The molecule has 3 aromatic rings. The van der Waals surface area contributed by atoms with Crippen LogP contribution in [-0.2, 0) is 16.2 Å². The molecule has 0 aliphatic heterocycles. The first-order valence-corrected chi connectivity index (χ1v) is 15.5. The average molecular weight is 525 g/mol. The number of halogens is 2. The van der Waals surface area contributed by atoms with E-state index in [1.807, 2.05) is 27.7 Å². The molecule has 0 atom stereocenters. The maximum atomic E-state index is 12.7. The molecule has 0 spiro atoms. The fourth-order valence-corrected chi connectivity index (χ4v) is 4.07. The molecule has 0 saturated heterocycles. The van der Waals surface area contributed by atoms with E-state index < -0.39 is 19.6 Å². The van der Waals surface area contributed by atoms with Gasteiger partial charge in [0.2, 0.25) is 0 Å². The Morgan fingerprint density at radius 1 is 1.12 bits per heavy atom. The van der Waals surface area contributed by atoms with Crippen molar-refractivity contribution in [1.82, 2.24) is 14.5 Å². The van der Waals surface area contributed by atoms with Crippen LogP contribution in [0.2, 0.25) is 35.9 Å². The summed E-state index contributed by atoms with van der Waals surface area (Å²) in [5.41, 5.74) is 1.62. The zero-order chi connectivity index (χ0) is 25.3. The second-order valence-corrected chi connectivity index (χ2v) is 16.7. The predicted octanol–water partition coefficient (Wildman–Crippen LogP) is 7.11. The van der Waals surface area contributed by atoms with E-state index in [1.54, 1.807) is 28.8 Å². The molecule has 0 amide bonds. The number of nitrogens with zero attached hydrogens (tertiary/aromatic N) is 3. The van der Waals surface area contributed by atoms with Gasteiger partial charge in [-0.05, 0) is 57.5 Å². The molecule has 0 bridgehead atoms. The van der Waals surface area contributed by atoms with Crippen LogP contribution in [0.3, 0.4) is 0 Å². The summed E-state index contributed by atoms with van der Waals surface area (Å²) in [4.78, 5) is 21.6. The Balaban J connectivity index is 1.93. The minimum absolute atomic E-state index is 0.173. The molecule has 2 aromatic heterocycles. The van der Waals surface area contributed by atoms with Crippen LogP contribution in [-0.4, -0.2) is 40.8 Å². The molecule has 0 saturated carbocycles. The van der Waals surface area contributed by atoms with Crippen LogP contribution in [0.5, 0.6) is 11.8 Å². The monoisotopic (exact) mass is 523 g/mol. The average Bonchev–Trinajstić information content (AvgIpc) is 3.01.